The van der Waals surface area contributed by atoms with Crippen LogP contribution >= 0.6 is 23.5 Å². The van der Waals surface area contributed by atoms with E-state index in [1.807, 2.05) is 20.8 Å². The third-order valence-corrected chi connectivity index (χ3v) is 6.71. The van der Waals surface area contributed by atoms with E-state index in [9.17, 15) is 9.59 Å². The van der Waals surface area contributed by atoms with Crippen molar-refractivity contribution in [1.82, 2.24) is 15.1 Å². The van der Waals surface area contributed by atoms with Crippen molar-refractivity contribution in [3.8, 4) is 0 Å². The Morgan fingerprint density at radius 1 is 1.52 bits per heavy atom. The molecule has 2 saturated heterocycles. The lowest BCUT2D eigenvalue weighted by atomic mass is 9.89. The van der Waals surface area contributed by atoms with Crippen molar-refractivity contribution in [2.45, 2.75) is 49.9 Å². The quantitative estimate of drug-likeness (QED) is 0.461. The van der Waals surface area contributed by atoms with Gasteiger partial charge in [-0.15, -0.1) is 22.0 Å². The zero-order chi connectivity index (χ0) is 18.4. The summed E-state index contributed by atoms with van der Waals surface area (Å²) in [5.74, 6) is 0.953. The number of aryl methyl sites for hydroxylation is 1. The van der Waals surface area contributed by atoms with Crippen LogP contribution in [0.15, 0.2) is 9.64 Å². The molecule has 1 aromatic heterocycles. The molecule has 0 spiro atoms. The van der Waals surface area contributed by atoms with Gasteiger partial charge in [-0.3, -0.25) is 9.59 Å². The van der Waals surface area contributed by atoms with Gasteiger partial charge in [-0.25, -0.2) is 0 Å². The van der Waals surface area contributed by atoms with Gasteiger partial charge in [-0.2, -0.15) is 0 Å². The SMILES string of the molecule is Cc1nnc(SCC2(C(=O)OC(C)(C)C)CS[C@@H]3C(N)C(=O)N3C2)o1. The molecule has 10 heteroatoms. The number of thioether (sulfide) groups is 2. The van der Waals surface area contributed by atoms with Gasteiger partial charge in [0.2, 0.25) is 11.8 Å². The fraction of sp³-hybridized carbons (Fsp3) is 0.733. The number of fused-ring (bicyclic) bond motifs is 1. The number of nitrogens with zero attached hydrogens (tertiary/aromatic N) is 3. The molecule has 25 heavy (non-hydrogen) atoms. The number of amides is 1. The highest BCUT2D eigenvalue weighted by Gasteiger charge is 2.56. The van der Waals surface area contributed by atoms with Gasteiger partial charge in [0.05, 0.1) is 0 Å². The highest BCUT2D eigenvalue weighted by atomic mass is 32.2. The number of rotatable bonds is 4. The molecule has 0 aliphatic carbocycles. The minimum absolute atomic E-state index is 0.0567. The van der Waals surface area contributed by atoms with Crippen molar-refractivity contribution in [2.24, 2.45) is 11.1 Å². The molecular weight excluding hydrogens is 364 g/mol. The van der Waals surface area contributed by atoms with Gasteiger partial charge in [0.1, 0.15) is 22.4 Å². The Hall–Kier alpha value is -1.26. The Labute approximate surface area is 154 Å². The van der Waals surface area contributed by atoms with Crippen LogP contribution in [0.25, 0.3) is 0 Å². The number of β-lactam (4-membered cyclic amide) rings is 1. The summed E-state index contributed by atoms with van der Waals surface area (Å²) in [5, 5.41) is 8.10. The van der Waals surface area contributed by atoms with Gasteiger partial charge >= 0.3 is 5.97 Å². The third-order valence-electron chi connectivity index (χ3n) is 4.00. The lowest BCUT2D eigenvalue weighted by molar-refractivity contribution is -0.169. The summed E-state index contributed by atoms with van der Waals surface area (Å²) in [7, 11) is 0. The average Bonchev–Trinajstić information content (AvgIpc) is 2.95. The molecule has 2 aliphatic heterocycles. The van der Waals surface area contributed by atoms with Crippen LogP contribution in [0.1, 0.15) is 26.7 Å². The van der Waals surface area contributed by atoms with Crippen LogP contribution in [0.2, 0.25) is 0 Å². The molecule has 3 atom stereocenters. The molecule has 0 saturated carbocycles. The minimum atomic E-state index is -0.836. The molecule has 8 nitrogen and oxygen atoms in total. The van der Waals surface area contributed by atoms with Crippen molar-refractivity contribution < 1.29 is 18.7 Å². The first kappa shape index (κ1) is 18.5. The molecule has 3 heterocycles. The number of hydrogen-bond donors (Lipinski definition) is 1. The summed E-state index contributed by atoms with van der Waals surface area (Å²) in [6, 6.07) is -0.479. The zero-order valence-corrected chi connectivity index (χ0v) is 16.3. The van der Waals surface area contributed by atoms with E-state index in [0.717, 1.165) is 0 Å². The van der Waals surface area contributed by atoms with Crippen LogP contribution in [-0.4, -0.2) is 62.0 Å². The van der Waals surface area contributed by atoms with E-state index in [4.69, 9.17) is 14.9 Å². The van der Waals surface area contributed by atoms with E-state index >= 15 is 0 Å². The molecule has 1 amide bonds. The molecule has 3 rings (SSSR count). The van der Waals surface area contributed by atoms with Gasteiger partial charge in [0.15, 0.2) is 0 Å². The summed E-state index contributed by atoms with van der Waals surface area (Å²) < 4.78 is 11.0. The van der Waals surface area contributed by atoms with E-state index in [2.05, 4.69) is 10.2 Å². The second kappa shape index (κ2) is 6.48. The van der Waals surface area contributed by atoms with E-state index < -0.39 is 17.1 Å². The number of ether oxygens (including phenoxy) is 1. The number of nitrogens with two attached hydrogens (primary N) is 1. The van der Waals surface area contributed by atoms with Gasteiger partial charge in [-0.1, -0.05) is 11.8 Å². The normalized spacial score (nSPS) is 29.2. The van der Waals surface area contributed by atoms with Gasteiger partial charge in [0, 0.05) is 25.0 Å². The number of aromatic nitrogens is 2. The summed E-state index contributed by atoms with van der Waals surface area (Å²) in [5.41, 5.74) is 4.40. The number of hydrogen-bond acceptors (Lipinski definition) is 9. The number of carbonyl (C=O) groups excluding carboxylic acids is 2. The van der Waals surface area contributed by atoms with Gasteiger partial charge in [-0.05, 0) is 20.8 Å². The smallest absolute Gasteiger partial charge is 0.316 e. The zero-order valence-electron chi connectivity index (χ0n) is 14.6. The molecule has 2 aliphatic rings. The monoisotopic (exact) mass is 386 g/mol. The first-order valence-corrected chi connectivity index (χ1v) is 9.99. The molecular formula is C15H22N4O4S2. The summed E-state index contributed by atoms with van der Waals surface area (Å²) >= 11 is 2.83. The van der Waals surface area contributed by atoms with Crippen LogP contribution in [0, 0.1) is 12.3 Å². The molecule has 1 aromatic rings. The van der Waals surface area contributed by atoms with Crippen LogP contribution in [-0.2, 0) is 14.3 Å². The van der Waals surface area contributed by atoms with Gasteiger partial charge in [0.25, 0.3) is 5.22 Å². The van der Waals surface area contributed by atoms with Crippen molar-refractivity contribution in [3.05, 3.63) is 5.89 Å². The second-order valence-electron chi connectivity index (χ2n) is 7.35. The highest BCUT2D eigenvalue weighted by molar-refractivity contribution is 8.00. The van der Waals surface area contributed by atoms with E-state index in [1.54, 1.807) is 11.8 Å². The predicted molar refractivity (Wildman–Crippen MR) is 94.0 cm³/mol. The van der Waals surface area contributed by atoms with Crippen molar-refractivity contribution in [2.75, 3.05) is 18.1 Å². The molecule has 0 aromatic carbocycles. The Bertz CT molecular complexity index is 689. The Balaban J connectivity index is 1.78. The summed E-state index contributed by atoms with van der Waals surface area (Å²) in [6.07, 6.45) is 0. The Morgan fingerprint density at radius 3 is 2.84 bits per heavy atom. The average molecular weight is 386 g/mol. The first-order valence-electron chi connectivity index (χ1n) is 7.95. The van der Waals surface area contributed by atoms with Crippen LogP contribution in [0.3, 0.4) is 0 Å². The van der Waals surface area contributed by atoms with E-state index in [-0.39, 0.29) is 17.3 Å². The lowest BCUT2D eigenvalue weighted by Crippen LogP contribution is -2.72. The topological polar surface area (TPSA) is 112 Å². The Kier molecular flexibility index (Phi) is 4.80. The fourth-order valence-electron chi connectivity index (χ4n) is 2.72. The predicted octanol–water partition coefficient (Wildman–Crippen LogP) is 1.04. The molecule has 2 unspecified atom stereocenters. The molecule has 2 N–H and O–H groups in total. The standard InChI is InChI=1S/C15H22N4O4S2/c1-8-17-18-13(22-8)25-7-15(12(21)23-14(2,3)4)5-19-10(20)9(16)11(19)24-6-15/h9,11H,5-7,16H2,1-4H3/t9?,11-,15?/m1/s1. The molecule has 2 fully saturated rings. The maximum Gasteiger partial charge on any atom is 0.316 e. The van der Waals surface area contributed by atoms with E-state index in [0.29, 0.717) is 29.2 Å². The van der Waals surface area contributed by atoms with Gasteiger partial charge < -0.3 is 19.8 Å². The van der Waals surface area contributed by atoms with Crippen LogP contribution < -0.4 is 5.73 Å². The first-order chi connectivity index (χ1) is 11.6. The molecule has 0 bridgehead atoms. The Morgan fingerprint density at radius 2 is 2.24 bits per heavy atom. The molecule has 138 valence electrons. The second-order valence-corrected chi connectivity index (χ2v) is 9.38. The summed E-state index contributed by atoms with van der Waals surface area (Å²) in [6.45, 7) is 7.50. The lowest BCUT2D eigenvalue weighted by Gasteiger charge is -2.53. The minimum Gasteiger partial charge on any atom is -0.459 e. The van der Waals surface area contributed by atoms with Crippen LogP contribution in [0.4, 0.5) is 0 Å². The fourth-order valence-corrected chi connectivity index (χ4v) is 5.32. The van der Waals surface area contributed by atoms with Crippen molar-refractivity contribution >= 4 is 35.4 Å². The number of esters is 1. The highest BCUT2D eigenvalue weighted by Crippen LogP contribution is 2.44. The maximum atomic E-state index is 12.9. The molecule has 0 radical (unpaired) electrons. The van der Waals surface area contributed by atoms with E-state index in [1.165, 1.54) is 23.5 Å². The summed E-state index contributed by atoms with van der Waals surface area (Å²) in [4.78, 5) is 26.7. The largest absolute Gasteiger partial charge is 0.459 e. The number of carbonyl (C=O) groups is 2. The van der Waals surface area contributed by atoms with Crippen molar-refractivity contribution in [3.63, 3.8) is 0 Å². The maximum absolute atomic E-state index is 12.9. The van der Waals surface area contributed by atoms with Crippen molar-refractivity contribution in [1.29, 1.82) is 0 Å². The van der Waals surface area contributed by atoms with Crippen LogP contribution in [0.5, 0.6) is 0 Å². The third kappa shape index (κ3) is 3.65.